The fraction of sp³-hybridized carbons (Fsp3) is 0.588. The third kappa shape index (κ3) is 4.37. The molecule has 1 aromatic carbocycles. The molecule has 2 saturated heterocycles. The second-order valence-electron chi connectivity index (χ2n) is 6.91. The maximum Gasteiger partial charge on any atom is 0.240 e. The number of piperidine rings is 1. The monoisotopic (exact) mass is 369 g/mol. The molecule has 0 unspecified atom stereocenters. The first-order valence-electron chi connectivity index (χ1n) is 8.64. The molecule has 8 heteroatoms. The molecule has 2 aliphatic heterocycles. The molecule has 0 saturated carbocycles. The van der Waals surface area contributed by atoms with E-state index in [1.165, 1.54) is 18.6 Å². The van der Waals surface area contributed by atoms with Gasteiger partial charge in [-0.2, -0.15) is 0 Å². The van der Waals surface area contributed by atoms with Gasteiger partial charge in [-0.3, -0.25) is 4.79 Å². The number of halogens is 1. The SMILES string of the molecule is O=C(CCNS(=O)(=O)c1ccc(F)cc1)N1CCC2(CCNC2)CC1. The highest BCUT2D eigenvalue weighted by molar-refractivity contribution is 7.89. The van der Waals surface area contributed by atoms with E-state index in [9.17, 15) is 17.6 Å². The standard InChI is InChI=1S/C17H24FN3O3S/c18-14-1-3-15(4-2-14)25(23,24)20-9-5-16(22)21-11-7-17(8-12-21)6-10-19-13-17/h1-4,19-20H,5-13H2. The lowest BCUT2D eigenvalue weighted by atomic mass is 9.78. The molecule has 2 N–H and O–H groups in total. The molecule has 0 bridgehead atoms. The Balaban J connectivity index is 1.45. The van der Waals surface area contributed by atoms with Crippen LogP contribution in [0.2, 0.25) is 0 Å². The van der Waals surface area contributed by atoms with Crippen LogP contribution in [0.15, 0.2) is 29.2 Å². The number of amides is 1. The van der Waals surface area contributed by atoms with Crippen LogP contribution in [0.3, 0.4) is 0 Å². The zero-order chi connectivity index (χ0) is 17.9. The van der Waals surface area contributed by atoms with E-state index in [0.29, 0.717) is 5.41 Å². The van der Waals surface area contributed by atoms with Crippen LogP contribution in [0, 0.1) is 11.2 Å². The Morgan fingerprint density at radius 1 is 1.20 bits per heavy atom. The van der Waals surface area contributed by atoms with E-state index in [2.05, 4.69) is 10.0 Å². The van der Waals surface area contributed by atoms with Gasteiger partial charge in [-0.05, 0) is 55.5 Å². The molecule has 6 nitrogen and oxygen atoms in total. The van der Waals surface area contributed by atoms with Crippen LogP contribution in [-0.4, -0.2) is 51.9 Å². The molecule has 1 amide bonds. The Morgan fingerprint density at radius 3 is 2.48 bits per heavy atom. The zero-order valence-corrected chi connectivity index (χ0v) is 14.9. The summed E-state index contributed by atoms with van der Waals surface area (Å²) in [4.78, 5) is 14.1. The molecule has 1 spiro atoms. The largest absolute Gasteiger partial charge is 0.343 e. The van der Waals surface area contributed by atoms with Crippen LogP contribution in [0.5, 0.6) is 0 Å². The van der Waals surface area contributed by atoms with Crippen molar-refractivity contribution in [3.8, 4) is 0 Å². The summed E-state index contributed by atoms with van der Waals surface area (Å²) in [5.41, 5.74) is 0.348. The van der Waals surface area contributed by atoms with Crippen molar-refractivity contribution in [2.75, 3.05) is 32.7 Å². The number of benzene rings is 1. The molecule has 2 heterocycles. The molecule has 1 aromatic rings. The Labute approximate surface area is 147 Å². The molecule has 0 radical (unpaired) electrons. The van der Waals surface area contributed by atoms with Gasteiger partial charge in [0, 0.05) is 32.6 Å². The first kappa shape index (κ1) is 18.3. The van der Waals surface area contributed by atoms with E-state index < -0.39 is 15.8 Å². The highest BCUT2D eigenvalue weighted by Gasteiger charge is 2.37. The number of sulfonamides is 1. The van der Waals surface area contributed by atoms with Crippen molar-refractivity contribution in [2.24, 2.45) is 5.41 Å². The summed E-state index contributed by atoms with van der Waals surface area (Å²) in [7, 11) is -3.72. The minimum absolute atomic E-state index is 0.00463. The molecule has 2 aliphatic rings. The lowest BCUT2D eigenvalue weighted by Gasteiger charge is -2.39. The third-order valence-electron chi connectivity index (χ3n) is 5.26. The maximum absolute atomic E-state index is 12.9. The highest BCUT2D eigenvalue weighted by Crippen LogP contribution is 2.36. The summed E-state index contributed by atoms with van der Waals surface area (Å²) >= 11 is 0. The molecule has 0 aromatic heterocycles. The van der Waals surface area contributed by atoms with E-state index >= 15 is 0 Å². The third-order valence-corrected chi connectivity index (χ3v) is 6.74. The summed E-state index contributed by atoms with van der Waals surface area (Å²) in [6, 6.07) is 4.61. The Bertz CT molecular complexity index is 705. The van der Waals surface area contributed by atoms with Gasteiger partial charge in [0.25, 0.3) is 0 Å². The fourth-order valence-corrected chi connectivity index (χ4v) is 4.63. The second-order valence-corrected chi connectivity index (χ2v) is 8.68. The lowest BCUT2D eigenvalue weighted by Crippen LogP contribution is -2.44. The van der Waals surface area contributed by atoms with E-state index in [-0.39, 0.29) is 23.8 Å². The minimum atomic E-state index is -3.72. The summed E-state index contributed by atoms with van der Waals surface area (Å²) in [5, 5.41) is 3.39. The molecule has 25 heavy (non-hydrogen) atoms. The van der Waals surface area contributed by atoms with Crippen LogP contribution in [0.1, 0.15) is 25.7 Å². The number of carbonyl (C=O) groups excluding carboxylic acids is 1. The molecule has 2 fully saturated rings. The number of likely N-dealkylation sites (tertiary alicyclic amines) is 1. The van der Waals surface area contributed by atoms with E-state index in [1.807, 2.05) is 4.90 Å². The van der Waals surface area contributed by atoms with E-state index in [4.69, 9.17) is 0 Å². The molecule has 3 rings (SSSR count). The molecule has 0 atom stereocenters. The fourth-order valence-electron chi connectivity index (χ4n) is 3.60. The Morgan fingerprint density at radius 2 is 1.88 bits per heavy atom. The predicted molar refractivity (Wildman–Crippen MR) is 91.9 cm³/mol. The molecular weight excluding hydrogens is 345 g/mol. The van der Waals surface area contributed by atoms with Crippen LogP contribution < -0.4 is 10.0 Å². The Hall–Kier alpha value is -1.51. The smallest absolute Gasteiger partial charge is 0.240 e. The van der Waals surface area contributed by atoms with E-state index in [0.717, 1.165) is 51.2 Å². The zero-order valence-electron chi connectivity index (χ0n) is 14.1. The predicted octanol–water partition coefficient (Wildman–Crippen LogP) is 1.10. The van der Waals surface area contributed by atoms with Crippen molar-refractivity contribution in [3.63, 3.8) is 0 Å². The van der Waals surface area contributed by atoms with Gasteiger partial charge in [0.05, 0.1) is 4.90 Å². The summed E-state index contributed by atoms with van der Waals surface area (Å²) < 4.78 is 39.5. The summed E-state index contributed by atoms with van der Waals surface area (Å²) in [6.07, 6.45) is 3.32. The number of hydrogen-bond acceptors (Lipinski definition) is 4. The minimum Gasteiger partial charge on any atom is -0.343 e. The molecular formula is C17H24FN3O3S. The normalized spacial score (nSPS) is 20.1. The van der Waals surface area contributed by atoms with Crippen LogP contribution in [-0.2, 0) is 14.8 Å². The van der Waals surface area contributed by atoms with Gasteiger partial charge in [0.15, 0.2) is 0 Å². The van der Waals surface area contributed by atoms with Crippen molar-refractivity contribution in [2.45, 2.75) is 30.6 Å². The van der Waals surface area contributed by atoms with Gasteiger partial charge in [0.2, 0.25) is 15.9 Å². The van der Waals surface area contributed by atoms with Gasteiger partial charge < -0.3 is 10.2 Å². The van der Waals surface area contributed by atoms with Crippen molar-refractivity contribution >= 4 is 15.9 Å². The lowest BCUT2D eigenvalue weighted by molar-refractivity contribution is -0.133. The maximum atomic E-state index is 12.9. The van der Waals surface area contributed by atoms with Gasteiger partial charge in [-0.15, -0.1) is 0 Å². The van der Waals surface area contributed by atoms with Crippen molar-refractivity contribution in [1.82, 2.24) is 14.9 Å². The Kier molecular flexibility index (Phi) is 5.41. The second kappa shape index (κ2) is 7.39. The van der Waals surface area contributed by atoms with Crippen molar-refractivity contribution < 1.29 is 17.6 Å². The van der Waals surface area contributed by atoms with Crippen LogP contribution >= 0.6 is 0 Å². The van der Waals surface area contributed by atoms with Crippen molar-refractivity contribution in [3.05, 3.63) is 30.1 Å². The quantitative estimate of drug-likeness (QED) is 0.815. The number of nitrogens with one attached hydrogen (secondary N) is 2. The number of nitrogens with zero attached hydrogens (tertiary/aromatic N) is 1. The van der Waals surface area contributed by atoms with Gasteiger partial charge in [-0.1, -0.05) is 0 Å². The van der Waals surface area contributed by atoms with Gasteiger partial charge in [0.1, 0.15) is 5.82 Å². The molecule has 0 aliphatic carbocycles. The average Bonchev–Trinajstić information content (AvgIpc) is 3.04. The van der Waals surface area contributed by atoms with Crippen molar-refractivity contribution in [1.29, 1.82) is 0 Å². The van der Waals surface area contributed by atoms with Gasteiger partial charge in [-0.25, -0.2) is 17.5 Å². The topological polar surface area (TPSA) is 78.5 Å². The number of carbonyl (C=O) groups is 1. The number of rotatable bonds is 5. The van der Waals surface area contributed by atoms with E-state index in [1.54, 1.807) is 0 Å². The first-order valence-corrected chi connectivity index (χ1v) is 10.1. The summed E-state index contributed by atoms with van der Waals surface area (Å²) in [6.45, 7) is 3.61. The summed E-state index contributed by atoms with van der Waals surface area (Å²) in [5.74, 6) is -0.517. The highest BCUT2D eigenvalue weighted by atomic mass is 32.2. The molecule has 138 valence electrons. The van der Waals surface area contributed by atoms with Crippen LogP contribution in [0.4, 0.5) is 4.39 Å². The average molecular weight is 369 g/mol. The van der Waals surface area contributed by atoms with Gasteiger partial charge >= 0.3 is 0 Å². The first-order chi connectivity index (χ1) is 11.9. The number of hydrogen-bond donors (Lipinski definition) is 2. The van der Waals surface area contributed by atoms with Crippen LogP contribution in [0.25, 0.3) is 0 Å².